The van der Waals surface area contributed by atoms with Gasteiger partial charge in [-0.15, -0.1) is 0 Å². The van der Waals surface area contributed by atoms with Crippen molar-refractivity contribution in [3.8, 4) is 0 Å². The molecule has 1 aliphatic heterocycles. The van der Waals surface area contributed by atoms with Crippen molar-refractivity contribution in [2.24, 2.45) is 5.92 Å². The lowest BCUT2D eigenvalue weighted by Gasteiger charge is -2.26. The molecule has 0 spiro atoms. The quantitative estimate of drug-likeness (QED) is 0.873. The predicted molar refractivity (Wildman–Crippen MR) is 82.4 cm³/mol. The minimum absolute atomic E-state index is 0.547. The van der Waals surface area contributed by atoms with Crippen LogP contribution in [0.5, 0.6) is 0 Å². The van der Waals surface area contributed by atoms with Gasteiger partial charge in [-0.3, -0.25) is 4.90 Å². The van der Waals surface area contributed by atoms with E-state index in [0.29, 0.717) is 12.1 Å². The summed E-state index contributed by atoms with van der Waals surface area (Å²) in [5.41, 5.74) is 2.90. The zero-order valence-corrected chi connectivity index (χ0v) is 12.8. The van der Waals surface area contributed by atoms with Gasteiger partial charge in [-0.2, -0.15) is 0 Å². The zero-order chi connectivity index (χ0) is 13.8. The summed E-state index contributed by atoms with van der Waals surface area (Å²) in [7, 11) is 0. The van der Waals surface area contributed by atoms with Gasteiger partial charge in [-0.05, 0) is 50.4 Å². The largest absolute Gasteiger partial charge is 0.314 e. The lowest BCUT2D eigenvalue weighted by molar-refractivity contribution is 0.250. The molecule has 0 radical (unpaired) electrons. The Bertz CT molecular complexity index is 400. The topological polar surface area (TPSA) is 15.3 Å². The van der Waals surface area contributed by atoms with Gasteiger partial charge in [0.05, 0.1) is 0 Å². The Hall–Kier alpha value is -0.860. The first-order chi connectivity index (χ1) is 9.08. The zero-order valence-electron chi connectivity index (χ0n) is 12.8. The van der Waals surface area contributed by atoms with Crippen molar-refractivity contribution in [3.63, 3.8) is 0 Å². The minimum atomic E-state index is 0.547. The number of hydrogen-bond donors (Lipinski definition) is 1. The van der Waals surface area contributed by atoms with Gasteiger partial charge in [-0.1, -0.05) is 38.1 Å². The molecule has 0 aromatic heterocycles. The highest BCUT2D eigenvalue weighted by Gasteiger charge is 2.27. The van der Waals surface area contributed by atoms with Crippen LogP contribution < -0.4 is 5.32 Å². The van der Waals surface area contributed by atoms with E-state index in [4.69, 9.17) is 0 Å². The van der Waals surface area contributed by atoms with Crippen molar-refractivity contribution in [3.05, 3.63) is 35.4 Å². The van der Waals surface area contributed by atoms with Gasteiger partial charge in [0.25, 0.3) is 0 Å². The minimum Gasteiger partial charge on any atom is -0.314 e. The first-order valence-electron chi connectivity index (χ1n) is 7.61. The van der Waals surface area contributed by atoms with Crippen LogP contribution in [-0.4, -0.2) is 30.6 Å². The van der Waals surface area contributed by atoms with Gasteiger partial charge in [0.1, 0.15) is 0 Å². The summed E-state index contributed by atoms with van der Waals surface area (Å²) in [6.45, 7) is 12.6. The number of likely N-dealkylation sites (tertiary alicyclic amines) is 1. The molecule has 19 heavy (non-hydrogen) atoms. The maximum atomic E-state index is 3.57. The lowest BCUT2D eigenvalue weighted by atomic mass is 10.0. The predicted octanol–water partition coefficient (Wildman–Crippen LogP) is 3.38. The van der Waals surface area contributed by atoms with E-state index in [0.717, 1.165) is 12.5 Å². The third-order valence-corrected chi connectivity index (χ3v) is 4.32. The molecule has 2 atom stereocenters. The number of benzene rings is 1. The van der Waals surface area contributed by atoms with E-state index in [2.05, 4.69) is 62.2 Å². The van der Waals surface area contributed by atoms with Crippen LogP contribution >= 0.6 is 0 Å². The SMILES string of the molecule is Cc1ccccc1C(C)N1CCC(CNC(C)C)C1. The van der Waals surface area contributed by atoms with Crippen LogP contribution in [0.25, 0.3) is 0 Å². The maximum Gasteiger partial charge on any atom is 0.0322 e. The van der Waals surface area contributed by atoms with Crippen LogP contribution in [0.1, 0.15) is 44.4 Å². The Labute approximate surface area is 118 Å². The molecule has 0 aliphatic carbocycles. The molecule has 1 aliphatic rings. The molecule has 2 heteroatoms. The normalized spacial score (nSPS) is 22.1. The third-order valence-electron chi connectivity index (χ3n) is 4.32. The average Bonchev–Trinajstić information content (AvgIpc) is 2.85. The molecule has 1 fully saturated rings. The number of nitrogens with zero attached hydrogens (tertiary/aromatic N) is 1. The fraction of sp³-hybridized carbons (Fsp3) is 0.647. The van der Waals surface area contributed by atoms with Crippen LogP contribution in [0.3, 0.4) is 0 Å². The molecule has 2 unspecified atom stereocenters. The molecule has 1 N–H and O–H groups in total. The van der Waals surface area contributed by atoms with Crippen molar-refractivity contribution >= 4 is 0 Å². The fourth-order valence-electron chi connectivity index (χ4n) is 3.04. The molecular formula is C17H28N2. The first kappa shape index (κ1) is 14.5. The molecule has 0 amide bonds. The van der Waals surface area contributed by atoms with Crippen LogP contribution in [0, 0.1) is 12.8 Å². The Balaban J connectivity index is 1.92. The van der Waals surface area contributed by atoms with E-state index in [1.807, 2.05) is 0 Å². The van der Waals surface area contributed by atoms with Gasteiger partial charge in [0.2, 0.25) is 0 Å². The average molecular weight is 260 g/mol. The summed E-state index contributed by atoms with van der Waals surface area (Å²) in [4.78, 5) is 2.63. The van der Waals surface area contributed by atoms with Crippen molar-refractivity contribution in [1.82, 2.24) is 10.2 Å². The number of aryl methyl sites for hydroxylation is 1. The molecule has 2 rings (SSSR count). The van der Waals surface area contributed by atoms with Crippen molar-refractivity contribution < 1.29 is 0 Å². The van der Waals surface area contributed by atoms with Crippen LogP contribution in [0.15, 0.2) is 24.3 Å². The molecule has 0 saturated carbocycles. The first-order valence-corrected chi connectivity index (χ1v) is 7.61. The molecule has 0 bridgehead atoms. The van der Waals surface area contributed by atoms with E-state index in [9.17, 15) is 0 Å². The third kappa shape index (κ3) is 3.80. The van der Waals surface area contributed by atoms with Gasteiger partial charge < -0.3 is 5.32 Å². The Morgan fingerprint density at radius 3 is 2.68 bits per heavy atom. The molecule has 1 saturated heterocycles. The molecule has 1 aromatic rings. The maximum absolute atomic E-state index is 3.57. The van der Waals surface area contributed by atoms with Crippen LogP contribution in [-0.2, 0) is 0 Å². The molecule has 1 aromatic carbocycles. The summed E-state index contributed by atoms with van der Waals surface area (Å²) in [5.74, 6) is 0.814. The summed E-state index contributed by atoms with van der Waals surface area (Å²) < 4.78 is 0. The molecule has 106 valence electrons. The van der Waals surface area contributed by atoms with Crippen LogP contribution in [0.2, 0.25) is 0 Å². The van der Waals surface area contributed by atoms with Gasteiger partial charge >= 0.3 is 0 Å². The summed E-state index contributed by atoms with van der Waals surface area (Å²) in [6, 6.07) is 9.94. The lowest BCUT2D eigenvalue weighted by Crippen LogP contribution is -2.31. The Kier molecular flexibility index (Phi) is 5.00. The second-order valence-corrected chi connectivity index (χ2v) is 6.25. The summed E-state index contributed by atoms with van der Waals surface area (Å²) >= 11 is 0. The fourth-order valence-corrected chi connectivity index (χ4v) is 3.04. The smallest absolute Gasteiger partial charge is 0.0322 e. The second-order valence-electron chi connectivity index (χ2n) is 6.25. The number of rotatable bonds is 5. The number of hydrogen-bond acceptors (Lipinski definition) is 2. The van der Waals surface area contributed by atoms with E-state index in [1.165, 1.54) is 30.6 Å². The van der Waals surface area contributed by atoms with Gasteiger partial charge in [-0.25, -0.2) is 0 Å². The van der Waals surface area contributed by atoms with E-state index in [1.54, 1.807) is 0 Å². The van der Waals surface area contributed by atoms with Gasteiger partial charge in [0, 0.05) is 18.6 Å². The molecular weight excluding hydrogens is 232 g/mol. The van der Waals surface area contributed by atoms with E-state index in [-0.39, 0.29) is 0 Å². The number of nitrogens with one attached hydrogen (secondary N) is 1. The summed E-state index contributed by atoms with van der Waals surface area (Å²) in [5, 5.41) is 3.57. The highest BCUT2D eigenvalue weighted by atomic mass is 15.2. The molecule has 1 heterocycles. The standard InChI is InChI=1S/C17H28N2/c1-13(2)18-11-16-9-10-19(12-16)15(4)17-8-6-5-7-14(17)3/h5-8,13,15-16,18H,9-12H2,1-4H3. The monoisotopic (exact) mass is 260 g/mol. The van der Waals surface area contributed by atoms with Gasteiger partial charge in [0.15, 0.2) is 0 Å². The van der Waals surface area contributed by atoms with Crippen molar-refractivity contribution in [1.29, 1.82) is 0 Å². The Morgan fingerprint density at radius 2 is 2.00 bits per heavy atom. The highest BCUT2D eigenvalue weighted by molar-refractivity contribution is 5.28. The van der Waals surface area contributed by atoms with Crippen molar-refractivity contribution in [2.45, 2.75) is 46.2 Å². The van der Waals surface area contributed by atoms with Crippen molar-refractivity contribution in [2.75, 3.05) is 19.6 Å². The second kappa shape index (κ2) is 6.53. The summed E-state index contributed by atoms with van der Waals surface area (Å²) in [6.07, 6.45) is 1.33. The highest BCUT2D eigenvalue weighted by Crippen LogP contribution is 2.28. The Morgan fingerprint density at radius 1 is 1.26 bits per heavy atom. The molecule has 2 nitrogen and oxygen atoms in total. The van der Waals surface area contributed by atoms with E-state index < -0.39 is 0 Å². The van der Waals surface area contributed by atoms with E-state index >= 15 is 0 Å². The van der Waals surface area contributed by atoms with Crippen LogP contribution in [0.4, 0.5) is 0 Å².